The first-order valence-corrected chi connectivity index (χ1v) is 7.96. The first-order valence-electron chi connectivity index (χ1n) is 7.96. The molecule has 0 N–H and O–H groups in total. The number of alkyl halides is 3. The van der Waals surface area contributed by atoms with E-state index in [0.717, 1.165) is 43.0 Å². The van der Waals surface area contributed by atoms with E-state index in [0.29, 0.717) is 12.6 Å². The Balaban J connectivity index is 1.66. The summed E-state index contributed by atoms with van der Waals surface area (Å²) in [4.78, 5) is 16.6. The molecule has 0 spiro atoms. The van der Waals surface area contributed by atoms with Crippen LogP contribution >= 0.6 is 0 Å². The maximum Gasteiger partial charge on any atom is 0.435 e. The first-order chi connectivity index (χ1) is 10.9. The van der Waals surface area contributed by atoms with E-state index < -0.39 is 11.9 Å². The molecule has 5 nitrogen and oxygen atoms in total. The lowest BCUT2D eigenvalue weighted by Gasteiger charge is -2.33. The van der Waals surface area contributed by atoms with Crippen LogP contribution in [-0.2, 0) is 17.5 Å². The predicted octanol–water partition coefficient (Wildman–Crippen LogP) is 1.99. The van der Waals surface area contributed by atoms with Gasteiger partial charge in [-0.05, 0) is 45.3 Å². The lowest BCUT2D eigenvalue weighted by Crippen LogP contribution is -2.48. The Labute approximate surface area is 133 Å². The number of carbonyl (C=O) groups is 1. The largest absolute Gasteiger partial charge is 0.435 e. The van der Waals surface area contributed by atoms with Crippen LogP contribution in [0.15, 0.2) is 12.3 Å². The minimum Gasteiger partial charge on any atom is -0.337 e. The van der Waals surface area contributed by atoms with Crippen molar-refractivity contribution in [2.75, 3.05) is 20.1 Å². The highest BCUT2D eigenvalue weighted by molar-refractivity contribution is 5.76. The molecule has 2 atom stereocenters. The van der Waals surface area contributed by atoms with E-state index >= 15 is 0 Å². The number of halogens is 3. The average Bonchev–Trinajstić information content (AvgIpc) is 3.16. The van der Waals surface area contributed by atoms with Gasteiger partial charge in [-0.2, -0.15) is 18.3 Å². The van der Waals surface area contributed by atoms with E-state index in [1.807, 2.05) is 4.90 Å². The predicted molar refractivity (Wildman–Crippen MR) is 77.6 cm³/mol. The van der Waals surface area contributed by atoms with Gasteiger partial charge in [-0.15, -0.1) is 0 Å². The van der Waals surface area contributed by atoms with E-state index in [-0.39, 0.29) is 18.5 Å². The Morgan fingerprint density at radius 1 is 1.26 bits per heavy atom. The minimum atomic E-state index is -4.48. The summed E-state index contributed by atoms with van der Waals surface area (Å²) in [6, 6.07) is 1.44. The molecule has 2 saturated heterocycles. The Kier molecular flexibility index (Phi) is 4.35. The molecule has 3 heterocycles. The van der Waals surface area contributed by atoms with Crippen LogP contribution in [0.3, 0.4) is 0 Å². The number of likely N-dealkylation sites (N-methyl/N-ethyl adjacent to an activating group) is 1. The van der Waals surface area contributed by atoms with Gasteiger partial charge >= 0.3 is 6.18 Å². The standard InChI is InChI=1S/C15H21F3N4O/c1-20-7-2-4-11(20)12-5-3-8-22(12)14(23)10-21-9-6-13(19-21)15(16,17)18/h6,9,11-12H,2-5,7-8,10H2,1H3. The molecule has 2 aliphatic heterocycles. The molecule has 1 amide bonds. The molecule has 1 aromatic heterocycles. The van der Waals surface area contributed by atoms with Crippen molar-refractivity contribution in [2.24, 2.45) is 0 Å². The third kappa shape index (κ3) is 3.36. The van der Waals surface area contributed by atoms with E-state index in [2.05, 4.69) is 17.0 Å². The number of likely N-dealkylation sites (tertiary alicyclic amines) is 2. The van der Waals surface area contributed by atoms with Gasteiger partial charge in [-0.1, -0.05) is 0 Å². The Morgan fingerprint density at radius 3 is 2.57 bits per heavy atom. The number of aromatic nitrogens is 2. The van der Waals surface area contributed by atoms with Crippen LogP contribution in [0, 0.1) is 0 Å². The van der Waals surface area contributed by atoms with Crippen molar-refractivity contribution in [3.05, 3.63) is 18.0 Å². The third-order valence-electron chi connectivity index (χ3n) is 4.87. The van der Waals surface area contributed by atoms with Gasteiger partial charge in [-0.3, -0.25) is 9.48 Å². The highest BCUT2D eigenvalue weighted by atomic mass is 19.4. The molecule has 3 rings (SSSR count). The van der Waals surface area contributed by atoms with Crippen molar-refractivity contribution >= 4 is 5.91 Å². The molecular formula is C15H21F3N4O. The monoisotopic (exact) mass is 330 g/mol. The molecule has 128 valence electrons. The fourth-order valence-corrected chi connectivity index (χ4v) is 3.75. The van der Waals surface area contributed by atoms with Crippen LogP contribution in [0.4, 0.5) is 13.2 Å². The fourth-order valence-electron chi connectivity index (χ4n) is 3.75. The smallest absolute Gasteiger partial charge is 0.337 e. The van der Waals surface area contributed by atoms with Gasteiger partial charge < -0.3 is 9.80 Å². The van der Waals surface area contributed by atoms with Gasteiger partial charge in [0.15, 0.2) is 5.69 Å². The Hall–Kier alpha value is -1.57. The molecule has 0 aliphatic carbocycles. The number of carbonyl (C=O) groups excluding carboxylic acids is 1. The van der Waals surface area contributed by atoms with E-state index in [1.54, 1.807) is 0 Å². The zero-order valence-electron chi connectivity index (χ0n) is 13.1. The lowest BCUT2D eigenvalue weighted by molar-refractivity contribution is -0.142. The molecule has 2 aliphatic rings. The van der Waals surface area contributed by atoms with E-state index in [9.17, 15) is 18.0 Å². The highest BCUT2D eigenvalue weighted by Crippen LogP contribution is 2.30. The third-order valence-corrected chi connectivity index (χ3v) is 4.87. The quantitative estimate of drug-likeness (QED) is 0.851. The molecule has 0 bridgehead atoms. The molecule has 0 radical (unpaired) electrons. The number of rotatable bonds is 3. The molecule has 0 aromatic carbocycles. The number of hydrogen-bond donors (Lipinski definition) is 0. The van der Waals surface area contributed by atoms with Gasteiger partial charge in [0.2, 0.25) is 5.91 Å². The maximum absolute atomic E-state index is 12.6. The normalized spacial score (nSPS) is 26.2. The molecule has 2 unspecified atom stereocenters. The van der Waals surface area contributed by atoms with E-state index in [1.165, 1.54) is 6.20 Å². The van der Waals surface area contributed by atoms with Gasteiger partial charge in [0.1, 0.15) is 6.54 Å². The maximum atomic E-state index is 12.6. The SMILES string of the molecule is CN1CCCC1C1CCCN1C(=O)Cn1ccc(C(F)(F)F)n1. The van der Waals surface area contributed by atoms with Crippen molar-refractivity contribution in [3.8, 4) is 0 Å². The summed E-state index contributed by atoms with van der Waals surface area (Å²) in [5.41, 5.74) is -0.959. The van der Waals surface area contributed by atoms with Crippen LogP contribution in [-0.4, -0.2) is 57.7 Å². The fraction of sp³-hybridized carbons (Fsp3) is 0.733. The summed E-state index contributed by atoms with van der Waals surface area (Å²) < 4.78 is 38.8. The summed E-state index contributed by atoms with van der Waals surface area (Å²) in [7, 11) is 2.07. The second kappa shape index (κ2) is 6.14. The van der Waals surface area contributed by atoms with Crippen molar-refractivity contribution in [1.82, 2.24) is 19.6 Å². The van der Waals surface area contributed by atoms with Gasteiger partial charge in [0.05, 0.1) is 0 Å². The zero-order valence-corrected chi connectivity index (χ0v) is 13.1. The second-order valence-electron chi connectivity index (χ2n) is 6.38. The molecule has 8 heteroatoms. The molecule has 23 heavy (non-hydrogen) atoms. The zero-order chi connectivity index (χ0) is 16.6. The minimum absolute atomic E-state index is 0.136. The van der Waals surface area contributed by atoms with Crippen molar-refractivity contribution in [1.29, 1.82) is 0 Å². The lowest BCUT2D eigenvalue weighted by atomic mass is 10.0. The molecular weight excluding hydrogens is 309 g/mol. The van der Waals surface area contributed by atoms with Crippen molar-refractivity contribution < 1.29 is 18.0 Å². The van der Waals surface area contributed by atoms with Crippen LogP contribution in [0.5, 0.6) is 0 Å². The first kappa shape index (κ1) is 16.3. The molecule has 0 saturated carbocycles. The number of nitrogens with zero attached hydrogens (tertiary/aromatic N) is 4. The Bertz CT molecular complexity index is 571. The van der Waals surface area contributed by atoms with Gasteiger partial charge in [0, 0.05) is 24.8 Å². The summed E-state index contributed by atoms with van der Waals surface area (Å²) in [6.45, 7) is 1.58. The van der Waals surface area contributed by atoms with Crippen molar-refractivity contribution in [3.63, 3.8) is 0 Å². The van der Waals surface area contributed by atoms with Gasteiger partial charge in [0.25, 0.3) is 0 Å². The second-order valence-corrected chi connectivity index (χ2v) is 6.38. The van der Waals surface area contributed by atoms with Crippen LogP contribution in [0.25, 0.3) is 0 Å². The van der Waals surface area contributed by atoms with Gasteiger partial charge in [-0.25, -0.2) is 0 Å². The van der Waals surface area contributed by atoms with Crippen LogP contribution < -0.4 is 0 Å². The van der Waals surface area contributed by atoms with Crippen LogP contribution in [0.1, 0.15) is 31.4 Å². The number of amides is 1. The Morgan fingerprint density at radius 2 is 1.96 bits per heavy atom. The topological polar surface area (TPSA) is 41.4 Å². The summed E-state index contributed by atoms with van der Waals surface area (Å²) in [5, 5.41) is 3.46. The van der Waals surface area contributed by atoms with E-state index in [4.69, 9.17) is 0 Å². The summed E-state index contributed by atoms with van der Waals surface area (Å²) >= 11 is 0. The average molecular weight is 330 g/mol. The summed E-state index contributed by atoms with van der Waals surface area (Å²) in [6.07, 6.45) is 0.866. The number of hydrogen-bond acceptors (Lipinski definition) is 3. The summed E-state index contributed by atoms with van der Waals surface area (Å²) in [5.74, 6) is -0.148. The van der Waals surface area contributed by atoms with Crippen molar-refractivity contribution in [2.45, 2.75) is 50.5 Å². The molecule has 2 fully saturated rings. The van der Waals surface area contributed by atoms with Crippen LogP contribution in [0.2, 0.25) is 0 Å². The highest BCUT2D eigenvalue weighted by Gasteiger charge is 2.38. The molecule has 1 aromatic rings.